The van der Waals surface area contributed by atoms with Gasteiger partial charge in [-0.05, 0) is 101 Å². The summed E-state index contributed by atoms with van der Waals surface area (Å²) < 4.78 is 11.6. The van der Waals surface area contributed by atoms with E-state index in [0.717, 1.165) is 44.0 Å². The van der Waals surface area contributed by atoms with Crippen LogP contribution >= 0.6 is 0 Å². The lowest BCUT2D eigenvalue weighted by Gasteiger charge is -2.16. The van der Waals surface area contributed by atoms with Gasteiger partial charge in [-0.25, -0.2) is 0 Å². The molecule has 146 valence electrons. The summed E-state index contributed by atoms with van der Waals surface area (Å²) in [5, 5.41) is 9.63. The number of carboxylic acids is 1. The van der Waals surface area contributed by atoms with Crippen LogP contribution in [0, 0.1) is 5.92 Å². The number of anilines is 1. The number of fused-ring (bicyclic) bond motifs is 1. The number of allylic oxidation sites excluding steroid dienone is 2. The summed E-state index contributed by atoms with van der Waals surface area (Å²) >= 11 is -1.01. The van der Waals surface area contributed by atoms with E-state index in [0.29, 0.717) is 0 Å². The van der Waals surface area contributed by atoms with Gasteiger partial charge in [0.25, 0.3) is 0 Å². The SMILES string of the molecule is CC1=C(C(C)C(=O)O)c2cc(N(C)C)ccc2C1=Cc1ccc([S+](C)[O-])cc1. The van der Waals surface area contributed by atoms with E-state index in [2.05, 4.69) is 24.3 Å². The zero-order chi connectivity index (χ0) is 20.6. The largest absolute Gasteiger partial charge is 0.612 e. The minimum Gasteiger partial charge on any atom is -0.612 e. The molecule has 0 radical (unpaired) electrons. The highest BCUT2D eigenvalue weighted by Gasteiger charge is 2.30. The molecule has 1 aliphatic rings. The summed E-state index contributed by atoms with van der Waals surface area (Å²) in [6, 6.07) is 13.8. The summed E-state index contributed by atoms with van der Waals surface area (Å²) in [7, 11) is 3.95. The first kappa shape index (κ1) is 20.2. The molecular weight excluding hydrogens is 370 g/mol. The van der Waals surface area contributed by atoms with Crippen LogP contribution in [0.1, 0.15) is 30.5 Å². The highest BCUT2D eigenvalue weighted by atomic mass is 32.2. The van der Waals surface area contributed by atoms with Crippen molar-refractivity contribution >= 4 is 40.1 Å². The fraction of sp³-hybridized carbons (Fsp3) is 0.261. The van der Waals surface area contributed by atoms with Crippen LogP contribution in [0.4, 0.5) is 5.69 Å². The molecule has 0 saturated heterocycles. The topological polar surface area (TPSA) is 63.6 Å². The highest BCUT2D eigenvalue weighted by molar-refractivity contribution is 7.90. The Labute approximate surface area is 169 Å². The highest BCUT2D eigenvalue weighted by Crippen LogP contribution is 2.46. The van der Waals surface area contributed by atoms with Gasteiger partial charge in [0, 0.05) is 19.8 Å². The Hall–Kier alpha value is -2.50. The lowest BCUT2D eigenvalue weighted by atomic mass is 9.93. The van der Waals surface area contributed by atoms with E-state index in [9.17, 15) is 14.5 Å². The Kier molecular flexibility index (Phi) is 5.68. The Balaban J connectivity index is 2.15. The molecule has 0 saturated carbocycles. The van der Waals surface area contributed by atoms with Crippen LogP contribution in [0.25, 0.3) is 17.2 Å². The normalized spacial score (nSPS) is 16.9. The standard InChI is InChI=1S/C23H25NO3S/c1-14-20(12-16-6-9-18(10-7-16)28(5)27)19-11-8-17(24(3)4)13-21(19)22(14)15(2)23(25)26/h6-13,15H,1-5H3,(H,25,26). The first-order chi connectivity index (χ1) is 13.2. The van der Waals surface area contributed by atoms with Crippen LogP contribution in [0.15, 0.2) is 52.9 Å². The number of hydrogen-bond donors (Lipinski definition) is 1. The Morgan fingerprint density at radius 3 is 2.32 bits per heavy atom. The fourth-order valence-electron chi connectivity index (χ4n) is 3.61. The van der Waals surface area contributed by atoms with Crippen molar-refractivity contribution in [2.75, 3.05) is 25.3 Å². The van der Waals surface area contributed by atoms with Gasteiger partial charge in [0.15, 0.2) is 4.90 Å². The molecule has 1 aliphatic carbocycles. The number of carbonyl (C=O) groups is 1. The van der Waals surface area contributed by atoms with Crippen molar-refractivity contribution < 1.29 is 14.5 Å². The van der Waals surface area contributed by atoms with Gasteiger partial charge in [0.05, 0.1) is 5.92 Å². The maximum Gasteiger partial charge on any atom is 0.310 e. The number of rotatable bonds is 5. The number of benzene rings is 2. The van der Waals surface area contributed by atoms with E-state index in [4.69, 9.17) is 0 Å². The van der Waals surface area contributed by atoms with Gasteiger partial charge in [-0.3, -0.25) is 4.79 Å². The van der Waals surface area contributed by atoms with Crippen molar-refractivity contribution in [2.45, 2.75) is 18.7 Å². The molecule has 1 N–H and O–H groups in total. The van der Waals surface area contributed by atoms with Gasteiger partial charge >= 0.3 is 5.97 Å². The van der Waals surface area contributed by atoms with Crippen LogP contribution in [0.2, 0.25) is 0 Å². The van der Waals surface area contributed by atoms with Gasteiger partial charge in [-0.1, -0.05) is 6.07 Å². The molecule has 0 aliphatic heterocycles. The maximum absolute atomic E-state index is 11.7. The number of hydrogen-bond acceptors (Lipinski definition) is 3. The average molecular weight is 396 g/mol. The third-order valence-electron chi connectivity index (χ3n) is 5.23. The quantitative estimate of drug-likeness (QED) is 0.755. The third kappa shape index (κ3) is 3.73. The molecular formula is C23H25NO3S. The summed E-state index contributed by atoms with van der Waals surface area (Å²) in [5.74, 6) is -1.42. The van der Waals surface area contributed by atoms with Crippen LogP contribution in [-0.4, -0.2) is 36.0 Å². The van der Waals surface area contributed by atoms with Crippen LogP contribution in [0.3, 0.4) is 0 Å². The van der Waals surface area contributed by atoms with Crippen LogP contribution < -0.4 is 4.90 Å². The van der Waals surface area contributed by atoms with Gasteiger partial charge in [-0.2, -0.15) is 0 Å². The van der Waals surface area contributed by atoms with Crippen molar-refractivity contribution in [3.8, 4) is 0 Å². The second-order valence-electron chi connectivity index (χ2n) is 7.30. The Morgan fingerprint density at radius 1 is 1.14 bits per heavy atom. The molecule has 3 rings (SSSR count). The molecule has 0 aromatic heterocycles. The minimum absolute atomic E-state index is 0.591. The van der Waals surface area contributed by atoms with Gasteiger partial charge in [0.2, 0.25) is 0 Å². The molecule has 28 heavy (non-hydrogen) atoms. The molecule has 2 atom stereocenters. The van der Waals surface area contributed by atoms with Gasteiger partial charge in [0.1, 0.15) is 6.26 Å². The average Bonchev–Trinajstić information content (AvgIpc) is 2.92. The maximum atomic E-state index is 11.7. The third-order valence-corrected chi connectivity index (χ3v) is 6.17. The van der Waals surface area contributed by atoms with E-state index in [1.807, 2.05) is 50.2 Å². The lowest BCUT2D eigenvalue weighted by molar-refractivity contribution is -0.139. The second-order valence-corrected chi connectivity index (χ2v) is 8.68. The summed E-state index contributed by atoms with van der Waals surface area (Å²) in [6.45, 7) is 3.73. The molecule has 0 fully saturated rings. The predicted octanol–water partition coefficient (Wildman–Crippen LogP) is 4.54. The molecule has 2 aromatic rings. The Bertz CT molecular complexity index is 972. The monoisotopic (exact) mass is 395 g/mol. The Morgan fingerprint density at radius 2 is 1.79 bits per heavy atom. The van der Waals surface area contributed by atoms with Crippen LogP contribution in [0.5, 0.6) is 0 Å². The molecule has 0 bridgehead atoms. The van der Waals surface area contributed by atoms with Crippen molar-refractivity contribution in [1.82, 2.24) is 0 Å². The van der Waals surface area contributed by atoms with Crippen molar-refractivity contribution in [3.05, 3.63) is 64.7 Å². The van der Waals surface area contributed by atoms with Gasteiger partial charge < -0.3 is 14.6 Å². The summed E-state index contributed by atoms with van der Waals surface area (Å²) in [4.78, 5) is 14.5. The van der Waals surface area contributed by atoms with E-state index in [1.54, 1.807) is 13.2 Å². The molecule has 4 nitrogen and oxygen atoms in total. The fourth-order valence-corrected chi connectivity index (χ4v) is 4.13. The van der Waals surface area contributed by atoms with Crippen molar-refractivity contribution in [2.24, 2.45) is 5.92 Å². The molecule has 2 unspecified atom stereocenters. The van der Waals surface area contributed by atoms with E-state index in [1.165, 1.54) is 0 Å². The van der Waals surface area contributed by atoms with Gasteiger partial charge in [-0.15, -0.1) is 0 Å². The van der Waals surface area contributed by atoms with E-state index < -0.39 is 23.1 Å². The summed E-state index contributed by atoms with van der Waals surface area (Å²) in [6.07, 6.45) is 3.74. The molecule has 0 heterocycles. The minimum atomic E-state index is -1.01. The molecule has 0 amide bonds. The number of nitrogens with zero attached hydrogens (tertiary/aromatic N) is 1. The zero-order valence-electron chi connectivity index (χ0n) is 16.8. The molecule has 5 heteroatoms. The first-order valence-corrected chi connectivity index (χ1v) is 10.7. The lowest BCUT2D eigenvalue weighted by Crippen LogP contribution is -2.12. The van der Waals surface area contributed by atoms with Crippen molar-refractivity contribution in [1.29, 1.82) is 0 Å². The number of aliphatic carboxylic acids is 1. The predicted molar refractivity (Wildman–Crippen MR) is 117 cm³/mol. The zero-order valence-corrected chi connectivity index (χ0v) is 17.6. The first-order valence-electron chi connectivity index (χ1n) is 9.12. The van der Waals surface area contributed by atoms with Crippen molar-refractivity contribution in [3.63, 3.8) is 0 Å². The molecule has 2 aromatic carbocycles. The molecule has 0 spiro atoms. The number of carboxylic acid groups (broad SMARTS) is 1. The van der Waals surface area contributed by atoms with Crippen LogP contribution in [-0.2, 0) is 16.0 Å². The summed E-state index contributed by atoms with van der Waals surface area (Å²) in [5.41, 5.74) is 6.96. The van der Waals surface area contributed by atoms with E-state index in [-0.39, 0.29) is 0 Å². The second kappa shape index (κ2) is 7.86. The van der Waals surface area contributed by atoms with E-state index >= 15 is 0 Å². The smallest absolute Gasteiger partial charge is 0.310 e.